The molecular formula is C56H85NO15S2. The molecular weight excluding hydrogens is 991 g/mol. The van der Waals surface area contributed by atoms with Gasteiger partial charge in [-0.05, 0) is 124 Å². The Morgan fingerprint density at radius 2 is 1.59 bits per heavy atom. The van der Waals surface area contributed by atoms with Crippen molar-refractivity contribution < 1.29 is 72.2 Å². The van der Waals surface area contributed by atoms with Crippen LogP contribution in [0.15, 0.2) is 47.6 Å². The van der Waals surface area contributed by atoms with Gasteiger partial charge in [-0.1, -0.05) is 81.9 Å². The second kappa shape index (κ2) is 30.5. The Morgan fingerprint density at radius 3 is 2.27 bits per heavy atom. The number of hydrogen-bond donors (Lipinski definition) is 2. The summed E-state index contributed by atoms with van der Waals surface area (Å²) in [6.45, 7) is 12.6. The third kappa shape index (κ3) is 17.8. The standard InChI is InChI=1S/C56H85NO15S2/c1-33-17-13-12-14-18-34(2)45(67-8)31-41-22-20-39(7)56(66,72-41)53(63)54(64)57-26-16-15-19-42(57)55(65)71-46(32-43(58)35(3)28-38(6)51(62)52(69-10)50(61)37(5)27-33)36(4)29-40-21-23-44(47(30-40)68-9)70-48(59)24-25-49(60)74-73-11/h12-14,17-18,28,33,35-37,39-42,44-47,51-52,62,66H,15-16,19-27,29-32H2,1-11H3/b14-12?,17-13+,34-18?,38-28+/t33-,35-,36-,37-,39-,40+,41+,42+,44-,45+,46+,47-,51-,52+,56-/m1/s1. The summed E-state index contributed by atoms with van der Waals surface area (Å²) < 4.78 is 35.5. The minimum absolute atomic E-state index is 0.00129. The molecule has 2 N–H and O–H groups in total. The minimum atomic E-state index is -2.46. The zero-order chi connectivity index (χ0) is 54.9. The van der Waals surface area contributed by atoms with E-state index in [4.69, 9.17) is 28.4 Å². The van der Waals surface area contributed by atoms with Crippen molar-refractivity contribution in [2.24, 2.45) is 35.5 Å². The molecule has 0 unspecified atom stereocenters. The van der Waals surface area contributed by atoms with Crippen molar-refractivity contribution in [3.8, 4) is 0 Å². The molecule has 2 saturated heterocycles. The maximum absolute atomic E-state index is 14.6. The fourth-order valence-corrected chi connectivity index (χ4v) is 12.0. The van der Waals surface area contributed by atoms with Crippen LogP contribution in [-0.4, -0.2) is 144 Å². The lowest BCUT2D eigenvalue weighted by molar-refractivity contribution is -0.265. The molecule has 4 rings (SSSR count). The summed E-state index contributed by atoms with van der Waals surface area (Å²) >= 11 is 0. The van der Waals surface area contributed by atoms with Crippen LogP contribution in [0.2, 0.25) is 0 Å². The van der Waals surface area contributed by atoms with Gasteiger partial charge in [-0.15, -0.1) is 0 Å². The van der Waals surface area contributed by atoms with E-state index < -0.39 is 102 Å². The van der Waals surface area contributed by atoms with E-state index >= 15 is 0 Å². The number of Topliss-reactive ketones (excluding diaryl/α,β-unsaturated/α-hetero) is 3. The van der Waals surface area contributed by atoms with Gasteiger partial charge < -0.3 is 43.5 Å². The number of fused-ring (bicyclic) bond motifs is 3. The highest BCUT2D eigenvalue weighted by molar-refractivity contribution is 8.82. The summed E-state index contributed by atoms with van der Waals surface area (Å²) in [5, 5.41) is 23.4. The predicted molar refractivity (Wildman–Crippen MR) is 284 cm³/mol. The van der Waals surface area contributed by atoms with Crippen molar-refractivity contribution in [2.75, 3.05) is 34.1 Å². The molecule has 3 heterocycles. The van der Waals surface area contributed by atoms with E-state index in [9.17, 15) is 43.8 Å². The largest absolute Gasteiger partial charge is 0.460 e. The lowest BCUT2D eigenvalue weighted by Gasteiger charge is -2.42. The molecule has 4 aliphatic rings. The molecule has 1 saturated carbocycles. The van der Waals surface area contributed by atoms with Crippen LogP contribution in [0.25, 0.3) is 0 Å². The number of hydrogen-bond acceptors (Lipinski definition) is 17. The number of aliphatic hydroxyl groups is 2. The Morgan fingerprint density at radius 1 is 0.865 bits per heavy atom. The Kier molecular flexibility index (Phi) is 25.9. The van der Waals surface area contributed by atoms with E-state index in [0.717, 1.165) is 16.4 Å². The minimum Gasteiger partial charge on any atom is -0.460 e. The first-order valence-corrected chi connectivity index (χ1v) is 29.1. The van der Waals surface area contributed by atoms with Gasteiger partial charge >= 0.3 is 11.9 Å². The number of aliphatic hydroxyl groups excluding tert-OH is 1. The number of carbonyl (C=O) groups excluding carboxylic acids is 7. The summed E-state index contributed by atoms with van der Waals surface area (Å²) in [7, 11) is 6.88. The Labute approximate surface area is 447 Å². The molecule has 0 aromatic carbocycles. The second-order valence-electron chi connectivity index (χ2n) is 21.2. The van der Waals surface area contributed by atoms with E-state index in [1.165, 1.54) is 22.8 Å². The first-order chi connectivity index (χ1) is 35.1. The van der Waals surface area contributed by atoms with Gasteiger partial charge in [-0.3, -0.25) is 28.8 Å². The molecule has 0 aromatic rings. The molecule has 416 valence electrons. The maximum atomic E-state index is 14.6. The van der Waals surface area contributed by atoms with Gasteiger partial charge in [0, 0.05) is 64.9 Å². The van der Waals surface area contributed by atoms with Crippen molar-refractivity contribution >= 4 is 61.9 Å². The average Bonchev–Trinajstić information content (AvgIpc) is 3.37. The quantitative estimate of drug-likeness (QED) is 0.0865. The Bertz CT molecular complexity index is 2060. The number of cyclic esters (lactones) is 1. The predicted octanol–water partition coefficient (Wildman–Crippen LogP) is 8.05. The summed E-state index contributed by atoms with van der Waals surface area (Å²) in [6.07, 6.45) is 12.2. The molecule has 18 heteroatoms. The third-order valence-electron chi connectivity index (χ3n) is 15.4. The summed E-state index contributed by atoms with van der Waals surface area (Å²) in [5.74, 6) is -8.91. The fourth-order valence-electron chi connectivity index (χ4n) is 10.8. The number of piperidine rings is 1. The van der Waals surface area contributed by atoms with Crippen molar-refractivity contribution in [1.82, 2.24) is 4.90 Å². The molecule has 0 spiro atoms. The highest BCUT2D eigenvalue weighted by Gasteiger charge is 2.53. The Balaban J connectivity index is 1.67. The van der Waals surface area contributed by atoms with Crippen LogP contribution in [0.1, 0.15) is 138 Å². The van der Waals surface area contributed by atoms with Gasteiger partial charge in [-0.25, -0.2) is 4.79 Å². The van der Waals surface area contributed by atoms with E-state index in [2.05, 4.69) is 0 Å². The number of carbonyl (C=O) groups is 7. The van der Waals surface area contributed by atoms with Crippen molar-refractivity contribution in [3.63, 3.8) is 0 Å². The van der Waals surface area contributed by atoms with Crippen molar-refractivity contribution in [3.05, 3.63) is 47.6 Å². The fraction of sp³-hybridized carbons (Fsp3) is 0.732. The second-order valence-corrected chi connectivity index (χ2v) is 23.6. The average molecular weight is 1080 g/mol. The van der Waals surface area contributed by atoms with Gasteiger partial charge in [0.2, 0.25) is 5.79 Å². The molecule has 16 nitrogen and oxygen atoms in total. The zero-order valence-electron chi connectivity index (χ0n) is 45.6. The number of esters is 2. The van der Waals surface area contributed by atoms with Crippen molar-refractivity contribution in [1.29, 1.82) is 0 Å². The smallest absolute Gasteiger partial charge is 0.329 e. The van der Waals surface area contributed by atoms with E-state index in [1.54, 1.807) is 54.2 Å². The van der Waals surface area contributed by atoms with Gasteiger partial charge in [-0.2, -0.15) is 0 Å². The molecule has 15 atom stereocenters. The van der Waals surface area contributed by atoms with Crippen molar-refractivity contribution in [2.45, 2.75) is 193 Å². The number of nitrogens with zero attached hydrogens (tertiary/aromatic N) is 1. The molecule has 1 aliphatic carbocycles. The van der Waals surface area contributed by atoms with Gasteiger partial charge in [0.25, 0.3) is 11.7 Å². The number of ether oxygens (including phenoxy) is 6. The molecule has 2 bridgehead atoms. The van der Waals surface area contributed by atoms with Crippen LogP contribution >= 0.6 is 21.6 Å². The summed E-state index contributed by atoms with van der Waals surface area (Å²) in [5.41, 5.74) is 1.23. The number of rotatable bonds is 11. The van der Waals surface area contributed by atoms with Gasteiger partial charge in [0.05, 0.1) is 24.7 Å². The Hall–Kier alpha value is -3.49. The SMILES string of the molecule is CO[C@H]1C[C@@H]2CC[C@@H](C)[C@@](O)(O2)C(=O)C(=O)N2CCCC[C@H]2C(=O)O[C@H]([C@H](C)C[C@@H]2CC[C@@H](OC(=O)CCC(=O)SSC)[C@H](OC)C2)CC(=O)[C@H](C)/C=C(\C)[C@@H](O)[C@@H](OC)C(=O)[C@H](C)C[C@H](C)/C=C/C=CC=C1C. The molecule has 0 radical (unpaired) electrons. The number of allylic oxidation sites excluding steroid dienone is 6. The van der Waals surface area contributed by atoms with E-state index in [0.29, 0.717) is 69.8 Å². The van der Waals surface area contributed by atoms with E-state index in [1.807, 2.05) is 51.2 Å². The maximum Gasteiger partial charge on any atom is 0.329 e. The number of ketones is 3. The van der Waals surface area contributed by atoms with Crippen LogP contribution in [0.5, 0.6) is 0 Å². The lowest BCUT2D eigenvalue weighted by atomic mass is 9.78. The van der Waals surface area contributed by atoms with E-state index in [-0.39, 0.29) is 60.7 Å². The first-order valence-electron chi connectivity index (χ1n) is 26.5. The monoisotopic (exact) mass is 1080 g/mol. The summed E-state index contributed by atoms with van der Waals surface area (Å²) in [4.78, 5) is 97.3. The molecule has 3 fully saturated rings. The topological polar surface area (TPSA) is 219 Å². The highest BCUT2D eigenvalue weighted by Crippen LogP contribution is 2.38. The van der Waals surface area contributed by atoms with Crippen LogP contribution < -0.4 is 0 Å². The first kappa shape index (κ1) is 63.0. The van der Waals surface area contributed by atoms with Crippen LogP contribution in [-0.2, 0) is 62.0 Å². The molecule has 3 aliphatic heterocycles. The zero-order valence-corrected chi connectivity index (χ0v) is 47.3. The van der Waals surface area contributed by atoms with Crippen LogP contribution in [0.3, 0.4) is 0 Å². The molecule has 1 amide bonds. The number of amides is 1. The highest BCUT2D eigenvalue weighted by atomic mass is 33.1. The molecule has 74 heavy (non-hydrogen) atoms. The number of methoxy groups -OCH3 is 3. The van der Waals surface area contributed by atoms with Crippen LogP contribution in [0, 0.1) is 35.5 Å². The van der Waals surface area contributed by atoms with Gasteiger partial charge in [0.1, 0.15) is 36.2 Å². The normalized spacial score (nSPS) is 35.7. The molecule has 0 aromatic heterocycles. The summed E-state index contributed by atoms with van der Waals surface area (Å²) in [6, 6.07) is -1.19. The van der Waals surface area contributed by atoms with Crippen LogP contribution in [0.4, 0.5) is 0 Å². The third-order valence-corrected chi connectivity index (χ3v) is 17.1. The van der Waals surface area contributed by atoms with Gasteiger partial charge in [0.15, 0.2) is 10.9 Å². The lowest BCUT2D eigenvalue weighted by Crippen LogP contribution is -2.61.